The quantitative estimate of drug-likeness (QED) is 0.891. The molecule has 0 amide bonds. The number of methoxy groups -OCH3 is 1. The van der Waals surface area contributed by atoms with Crippen LogP contribution >= 0.6 is 0 Å². The number of nitrogens with one attached hydrogen (secondary N) is 1. The van der Waals surface area contributed by atoms with Crippen LogP contribution in [0.25, 0.3) is 0 Å². The maximum atomic E-state index is 9.20. The molecule has 5 nitrogen and oxygen atoms in total. The van der Waals surface area contributed by atoms with Gasteiger partial charge in [0.05, 0.1) is 19.4 Å². The largest absolute Gasteiger partial charge is 0.497 e. The molecular formula is C13H14N4O. The van der Waals surface area contributed by atoms with Crippen molar-refractivity contribution >= 4 is 5.69 Å². The molecule has 0 radical (unpaired) electrons. The Hall–Kier alpha value is -2.48. The third-order valence-corrected chi connectivity index (χ3v) is 2.57. The molecule has 1 unspecified atom stereocenters. The molecule has 1 atom stereocenters. The van der Waals surface area contributed by atoms with Gasteiger partial charge in [0.25, 0.3) is 0 Å². The van der Waals surface area contributed by atoms with E-state index in [1.165, 1.54) is 0 Å². The summed E-state index contributed by atoms with van der Waals surface area (Å²) in [5.41, 5.74) is 1.67. The lowest BCUT2D eigenvalue weighted by Gasteiger charge is -2.12. The number of ether oxygens (including phenoxy) is 1. The van der Waals surface area contributed by atoms with Gasteiger partial charge in [-0.25, -0.2) is 0 Å². The fourth-order valence-corrected chi connectivity index (χ4v) is 1.66. The van der Waals surface area contributed by atoms with Crippen molar-refractivity contribution in [1.29, 1.82) is 5.26 Å². The standard InChI is InChI=1S/C13H14N4O/c1-17-9-10(8-15-17)13(7-14)16-11-4-3-5-12(6-11)18-2/h3-6,8-9,13,16H,1-2H3. The number of benzene rings is 1. The molecular weight excluding hydrogens is 228 g/mol. The van der Waals surface area contributed by atoms with Crippen molar-refractivity contribution in [2.24, 2.45) is 7.05 Å². The molecule has 0 fully saturated rings. The Morgan fingerprint density at radius 1 is 1.50 bits per heavy atom. The zero-order valence-electron chi connectivity index (χ0n) is 10.3. The van der Waals surface area contributed by atoms with E-state index in [0.29, 0.717) is 0 Å². The van der Waals surface area contributed by atoms with Crippen molar-refractivity contribution in [3.63, 3.8) is 0 Å². The molecule has 0 aliphatic rings. The lowest BCUT2D eigenvalue weighted by atomic mass is 10.1. The van der Waals surface area contributed by atoms with Gasteiger partial charge in [-0.3, -0.25) is 4.68 Å². The van der Waals surface area contributed by atoms with Gasteiger partial charge in [-0.15, -0.1) is 0 Å². The van der Waals surface area contributed by atoms with E-state index in [1.54, 1.807) is 18.0 Å². The number of aryl methyl sites for hydroxylation is 1. The SMILES string of the molecule is COc1cccc(NC(C#N)c2cnn(C)c2)c1. The van der Waals surface area contributed by atoms with E-state index >= 15 is 0 Å². The molecule has 1 aromatic heterocycles. The molecule has 5 heteroatoms. The number of anilines is 1. The lowest BCUT2D eigenvalue weighted by molar-refractivity contribution is 0.415. The second-order valence-corrected chi connectivity index (χ2v) is 3.89. The number of nitrogens with zero attached hydrogens (tertiary/aromatic N) is 3. The average Bonchev–Trinajstić information content (AvgIpc) is 2.82. The first-order valence-electron chi connectivity index (χ1n) is 5.51. The highest BCUT2D eigenvalue weighted by Gasteiger charge is 2.12. The first kappa shape index (κ1) is 12.0. The van der Waals surface area contributed by atoms with E-state index in [1.807, 2.05) is 37.5 Å². The fraction of sp³-hybridized carbons (Fsp3) is 0.231. The number of hydrogen-bond acceptors (Lipinski definition) is 4. The van der Waals surface area contributed by atoms with Gasteiger partial charge in [0, 0.05) is 30.6 Å². The van der Waals surface area contributed by atoms with Crippen LogP contribution in [-0.4, -0.2) is 16.9 Å². The number of hydrogen-bond donors (Lipinski definition) is 1. The summed E-state index contributed by atoms with van der Waals surface area (Å²) in [5.74, 6) is 0.753. The number of rotatable bonds is 4. The maximum Gasteiger partial charge on any atom is 0.143 e. The molecule has 1 aromatic carbocycles. The minimum atomic E-state index is -0.425. The second kappa shape index (κ2) is 5.23. The van der Waals surface area contributed by atoms with E-state index in [2.05, 4.69) is 16.5 Å². The number of aromatic nitrogens is 2. The van der Waals surface area contributed by atoms with Gasteiger partial charge in [0.2, 0.25) is 0 Å². The lowest BCUT2D eigenvalue weighted by Crippen LogP contribution is -2.07. The summed E-state index contributed by atoms with van der Waals surface area (Å²) >= 11 is 0. The van der Waals surface area contributed by atoms with E-state index in [-0.39, 0.29) is 0 Å². The van der Waals surface area contributed by atoms with Crippen molar-refractivity contribution in [3.8, 4) is 11.8 Å². The summed E-state index contributed by atoms with van der Waals surface area (Å²) in [6.07, 6.45) is 3.50. The molecule has 1 N–H and O–H groups in total. The zero-order chi connectivity index (χ0) is 13.0. The van der Waals surface area contributed by atoms with Crippen molar-refractivity contribution < 1.29 is 4.74 Å². The molecule has 0 saturated carbocycles. The second-order valence-electron chi connectivity index (χ2n) is 3.89. The van der Waals surface area contributed by atoms with Crippen LogP contribution in [0.2, 0.25) is 0 Å². The minimum Gasteiger partial charge on any atom is -0.497 e. The summed E-state index contributed by atoms with van der Waals surface area (Å²) in [7, 11) is 3.44. The smallest absolute Gasteiger partial charge is 0.143 e. The van der Waals surface area contributed by atoms with Crippen LogP contribution in [0.15, 0.2) is 36.7 Å². The Balaban J connectivity index is 2.18. The topological polar surface area (TPSA) is 62.9 Å². The Morgan fingerprint density at radius 3 is 2.94 bits per heavy atom. The third kappa shape index (κ3) is 2.61. The van der Waals surface area contributed by atoms with Gasteiger partial charge in [0.15, 0.2) is 0 Å². The van der Waals surface area contributed by atoms with Gasteiger partial charge in [0.1, 0.15) is 11.8 Å². The monoisotopic (exact) mass is 242 g/mol. The van der Waals surface area contributed by atoms with E-state index in [0.717, 1.165) is 17.0 Å². The summed E-state index contributed by atoms with van der Waals surface area (Å²) in [6.45, 7) is 0. The van der Waals surface area contributed by atoms with Crippen molar-refractivity contribution in [3.05, 3.63) is 42.2 Å². The summed E-state index contributed by atoms with van der Waals surface area (Å²) in [4.78, 5) is 0. The maximum absolute atomic E-state index is 9.20. The van der Waals surface area contributed by atoms with Gasteiger partial charge in [-0.2, -0.15) is 10.4 Å². The highest BCUT2D eigenvalue weighted by molar-refractivity contribution is 5.51. The van der Waals surface area contributed by atoms with Crippen molar-refractivity contribution in [1.82, 2.24) is 9.78 Å². The van der Waals surface area contributed by atoms with Crippen molar-refractivity contribution in [2.45, 2.75) is 6.04 Å². The predicted molar refractivity (Wildman–Crippen MR) is 68.2 cm³/mol. The minimum absolute atomic E-state index is 0.425. The van der Waals surface area contributed by atoms with E-state index in [4.69, 9.17) is 4.74 Å². The van der Waals surface area contributed by atoms with Gasteiger partial charge in [-0.1, -0.05) is 6.07 Å². The van der Waals surface area contributed by atoms with Crippen LogP contribution in [0.1, 0.15) is 11.6 Å². The Bertz CT molecular complexity index is 570. The highest BCUT2D eigenvalue weighted by atomic mass is 16.5. The van der Waals surface area contributed by atoms with E-state index < -0.39 is 6.04 Å². The third-order valence-electron chi connectivity index (χ3n) is 2.57. The molecule has 1 heterocycles. The summed E-state index contributed by atoms with van der Waals surface area (Å²) in [5, 5.41) is 16.4. The summed E-state index contributed by atoms with van der Waals surface area (Å²) in [6, 6.07) is 9.26. The highest BCUT2D eigenvalue weighted by Crippen LogP contribution is 2.22. The molecule has 92 valence electrons. The van der Waals surface area contributed by atoms with Gasteiger partial charge in [-0.05, 0) is 12.1 Å². The molecule has 0 aliphatic heterocycles. The molecule has 2 aromatic rings. The normalized spacial score (nSPS) is 11.6. The van der Waals surface area contributed by atoms with Crippen LogP contribution in [0.5, 0.6) is 5.75 Å². The molecule has 0 bridgehead atoms. The molecule has 0 saturated heterocycles. The van der Waals surface area contributed by atoms with Crippen LogP contribution in [0, 0.1) is 11.3 Å². The molecule has 0 spiro atoms. The van der Waals surface area contributed by atoms with Crippen LogP contribution < -0.4 is 10.1 Å². The van der Waals surface area contributed by atoms with E-state index in [9.17, 15) is 5.26 Å². The zero-order valence-corrected chi connectivity index (χ0v) is 10.3. The Labute approximate surface area is 106 Å². The van der Waals surface area contributed by atoms with Crippen LogP contribution in [0.4, 0.5) is 5.69 Å². The Kier molecular flexibility index (Phi) is 3.49. The number of nitriles is 1. The van der Waals surface area contributed by atoms with Gasteiger partial charge < -0.3 is 10.1 Å². The fourth-order valence-electron chi connectivity index (χ4n) is 1.66. The van der Waals surface area contributed by atoms with Crippen LogP contribution in [0.3, 0.4) is 0 Å². The molecule has 0 aliphatic carbocycles. The predicted octanol–water partition coefficient (Wildman–Crippen LogP) is 2.11. The Morgan fingerprint density at radius 2 is 2.33 bits per heavy atom. The molecule has 2 rings (SSSR count). The summed E-state index contributed by atoms with van der Waals surface area (Å²) < 4.78 is 6.81. The van der Waals surface area contributed by atoms with Crippen LogP contribution in [-0.2, 0) is 7.05 Å². The first-order valence-corrected chi connectivity index (χ1v) is 5.51. The van der Waals surface area contributed by atoms with Gasteiger partial charge >= 0.3 is 0 Å². The molecule has 18 heavy (non-hydrogen) atoms. The average molecular weight is 242 g/mol. The first-order chi connectivity index (χ1) is 8.72. The van der Waals surface area contributed by atoms with Crippen molar-refractivity contribution in [2.75, 3.05) is 12.4 Å².